The number of hydrogen-bond donors (Lipinski definition) is 2. The summed E-state index contributed by atoms with van der Waals surface area (Å²) in [6.07, 6.45) is 80.4. The second kappa shape index (κ2) is 58.8. The lowest BCUT2D eigenvalue weighted by Gasteiger charge is -2.29. The fraction of sp³-hybridized carbons (Fsp3) is 0.838. The van der Waals surface area contributed by atoms with Crippen LogP contribution >= 0.6 is 7.82 Å². The van der Waals surface area contributed by atoms with Gasteiger partial charge >= 0.3 is 0 Å². The zero-order chi connectivity index (χ0) is 56.3. The van der Waals surface area contributed by atoms with Gasteiger partial charge < -0.3 is 28.8 Å². The van der Waals surface area contributed by atoms with E-state index in [2.05, 4.69) is 67.8 Å². The zero-order valence-corrected chi connectivity index (χ0v) is 52.6. The third-order valence-corrected chi connectivity index (χ3v) is 15.9. The maximum atomic E-state index is 13.0. The van der Waals surface area contributed by atoms with Crippen LogP contribution in [0.5, 0.6) is 0 Å². The summed E-state index contributed by atoms with van der Waals surface area (Å²) >= 11 is 0. The SMILES string of the molecule is CCCCCCC/C=C\C/C=C\C/C=C\CCCCCCCCCCCCCCCCC(=O)NC(COP(=O)([O-])OCC[N+](C)(C)C)C(O)/C=C/CC/C=C/CCCCCCCCCCCCCCCCCCCCCC. The molecule has 0 spiro atoms. The van der Waals surface area contributed by atoms with E-state index in [4.69, 9.17) is 9.05 Å². The average Bonchev–Trinajstić information content (AvgIpc) is 3.39. The first kappa shape index (κ1) is 75.2. The van der Waals surface area contributed by atoms with Gasteiger partial charge in [0.1, 0.15) is 13.2 Å². The number of rotatable bonds is 61. The molecular weight excluding hydrogens is 972 g/mol. The van der Waals surface area contributed by atoms with Crippen molar-refractivity contribution in [3.05, 3.63) is 60.8 Å². The maximum Gasteiger partial charge on any atom is 0.268 e. The molecule has 452 valence electrons. The number of carbonyl (C=O) groups is 1. The molecule has 9 heteroatoms. The minimum Gasteiger partial charge on any atom is -0.756 e. The molecule has 0 saturated heterocycles. The topological polar surface area (TPSA) is 108 Å². The molecule has 1 amide bonds. The third kappa shape index (κ3) is 61.7. The minimum atomic E-state index is -4.61. The maximum absolute atomic E-state index is 13.0. The lowest BCUT2D eigenvalue weighted by atomic mass is 10.0. The van der Waals surface area contributed by atoms with Gasteiger partial charge in [-0.05, 0) is 70.6 Å². The predicted molar refractivity (Wildman–Crippen MR) is 334 cm³/mol. The molecule has 0 radical (unpaired) electrons. The Bertz CT molecular complexity index is 1440. The van der Waals surface area contributed by atoms with E-state index in [1.807, 2.05) is 27.2 Å². The molecule has 3 atom stereocenters. The minimum absolute atomic E-state index is 0.00722. The molecule has 0 fully saturated rings. The lowest BCUT2D eigenvalue weighted by molar-refractivity contribution is -0.870. The largest absolute Gasteiger partial charge is 0.756 e. The van der Waals surface area contributed by atoms with Crippen LogP contribution < -0.4 is 10.2 Å². The number of aliphatic hydroxyl groups is 1. The Morgan fingerprint density at radius 2 is 0.766 bits per heavy atom. The van der Waals surface area contributed by atoms with Crippen molar-refractivity contribution in [2.45, 2.75) is 328 Å². The van der Waals surface area contributed by atoms with Crippen LogP contribution in [0.4, 0.5) is 0 Å². The Morgan fingerprint density at radius 1 is 0.455 bits per heavy atom. The molecule has 0 saturated carbocycles. The molecule has 8 nitrogen and oxygen atoms in total. The summed E-state index contributed by atoms with van der Waals surface area (Å²) < 4.78 is 23.4. The van der Waals surface area contributed by atoms with Gasteiger partial charge in [-0.2, -0.15) is 0 Å². The number of quaternary nitrogens is 1. The Balaban J connectivity index is 4.15. The van der Waals surface area contributed by atoms with Gasteiger partial charge in [0.25, 0.3) is 7.82 Å². The second-order valence-electron chi connectivity index (χ2n) is 23.8. The Kier molecular flexibility index (Phi) is 57.5. The molecule has 0 aliphatic heterocycles. The van der Waals surface area contributed by atoms with E-state index >= 15 is 0 Å². The zero-order valence-electron chi connectivity index (χ0n) is 51.7. The number of phosphoric acid groups is 1. The number of nitrogens with one attached hydrogen (secondary N) is 1. The van der Waals surface area contributed by atoms with Crippen LogP contribution in [0.1, 0.15) is 316 Å². The number of hydrogen-bond acceptors (Lipinski definition) is 6. The van der Waals surface area contributed by atoms with Gasteiger partial charge in [-0.25, -0.2) is 0 Å². The molecule has 0 rings (SSSR count). The monoisotopic (exact) mass is 1100 g/mol. The second-order valence-corrected chi connectivity index (χ2v) is 25.2. The number of aliphatic hydroxyl groups excluding tert-OH is 1. The van der Waals surface area contributed by atoms with Crippen LogP contribution in [-0.2, 0) is 18.4 Å². The summed E-state index contributed by atoms with van der Waals surface area (Å²) in [4.78, 5) is 25.6. The van der Waals surface area contributed by atoms with Crippen molar-refractivity contribution in [3.8, 4) is 0 Å². The van der Waals surface area contributed by atoms with E-state index < -0.39 is 26.6 Å². The van der Waals surface area contributed by atoms with Crippen LogP contribution in [0.25, 0.3) is 0 Å². The first-order valence-corrected chi connectivity index (χ1v) is 34.6. The summed E-state index contributed by atoms with van der Waals surface area (Å²) in [7, 11) is 1.25. The van der Waals surface area contributed by atoms with E-state index in [1.54, 1.807) is 6.08 Å². The van der Waals surface area contributed by atoms with E-state index in [1.165, 1.54) is 244 Å². The fourth-order valence-corrected chi connectivity index (χ4v) is 10.5. The van der Waals surface area contributed by atoms with E-state index in [9.17, 15) is 19.4 Å². The summed E-state index contributed by atoms with van der Waals surface area (Å²) in [6, 6.07) is -0.907. The fourth-order valence-electron chi connectivity index (χ4n) is 9.77. The van der Waals surface area contributed by atoms with Gasteiger partial charge in [0, 0.05) is 6.42 Å². The molecule has 2 N–H and O–H groups in total. The highest BCUT2D eigenvalue weighted by molar-refractivity contribution is 7.45. The van der Waals surface area contributed by atoms with Crippen molar-refractivity contribution in [1.29, 1.82) is 0 Å². The molecule has 0 aliphatic rings. The van der Waals surface area contributed by atoms with Gasteiger partial charge in [-0.3, -0.25) is 9.36 Å². The van der Waals surface area contributed by atoms with Crippen molar-refractivity contribution in [2.75, 3.05) is 40.9 Å². The van der Waals surface area contributed by atoms with Crippen molar-refractivity contribution >= 4 is 13.7 Å². The number of phosphoric ester groups is 1. The molecule has 0 aromatic carbocycles. The number of unbranched alkanes of at least 4 members (excludes halogenated alkanes) is 40. The third-order valence-electron chi connectivity index (χ3n) is 14.9. The quantitative estimate of drug-likeness (QED) is 0.0272. The number of likely N-dealkylation sites (N-methyl/N-ethyl adjacent to an activating group) is 1. The Hall–Kier alpha value is -1.80. The van der Waals surface area contributed by atoms with Crippen LogP contribution in [0.2, 0.25) is 0 Å². The highest BCUT2D eigenvalue weighted by Crippen LogP contribution is 2.38. The van der Waals surface area contributed by atoms with E-state index in [0.29, 0.717) is 17.4 Å². The molecular formula is C68H129N2O6P. The summed E-state index contributed by atoms with van der Waals surface area (Å²) in [5, 5.41) is 13.9. The summed E-state index contributed by atoms with van der Waals surface area (Å²) in [6.45, 7) is 4.65. The van der Waals surface area contributed by atoms with E-state index in [-0.39, 0.29) is 12.5 Å². The van der Waals surface area contributed by atoms with Crippen molar-refractivity contribution in [2.24, 2.45) is 0 Å². The summed E-state index contributed by atoms with van der Waals surface area (Å²) in [5.41, 5.74) is 0. The van der Waals surface area contributed by atoms with Crippen molar-refractivity contribution in [1.82, 2.24) is 5.32 Å². The van der Waals surface area contributed by atoms with Gasteiger partial charge in [0.15, 0.2) is 0 Å². The number of amides is 1. The lowest BCUT2D eigenvalue weighted by Crippen LogP contribution is -2.45. The number of carbonyl (C=O) groups excluding carboxylic acids is 1. The Morgan fingerprint density at radius 3 is 1.14 bits per heavy atom. The first-order chi connectivity index (χ1) is 37.5. The molecule has 0 aliphatic carbocycles. The average molecular weight is 1100 g/mol. The molecule has 0 heterocycles. The van der Waals surface area contributed by atoms with Crippen LogP contribution in [0, 0.1) is 0 Å². The summed E-state index contributed by atoms with van der Waals surface area (Å²) in [5.74, 6) is -0.205. The number of allylic oxidation sites excluding steroid dienone is 9. The normalized spacial score (nSPS) is 14.1. The standard InChI is InChI=1S/C68H129N2O6P/c1-6-8-10-12-14-16-18-20-22-24-26-28-30-32-34-35-36-38-40-42-44-46-48-50-52-54-56-58-60-62-68(72)69-66(65-76-77(73,74)75-64-63-70(3,4)5)67(71)61-59-57-55-53-51-49-47-45-43-41-39-37-33-31-29-27-25-23-21-19-17-15-13-11-9-7-2/h18,20,24,26,30,32,51,53,59,61,66-67,71H,6-17,19,21-23,25,27-29,31,33-50,52,54-58,60,62-65H2,1-5H3,(H-,69,72,73,74)/b20-18-,26-24-,32-30-,53-51+,61-59+. The number of nitrogens with zero attached hydrogens (tertiary/aromatic N) is 1. The van der Waals surface area contributed by atoms with Crippen LogP contribution in [0.3, 0.4) is 0 Å². The van der Waals surface area contributed by atoms with Gasteiger partial charge in [0.2, 0.25) is 5.91 Å². The van der Waals surface area contributed by atoms with Crippen LogP contribution in [-0.4, -0.2) is 68.5 Å². The highest BCUT2D eigenvalue weighted by Gasteiger charge is 2.23. The molecule has 77 heavy (non-hydrogen) atoms. The molecule has 3 unspecified atom stereocenters. The first-order valence-electron chi connectivity index (χ1n) is 33.2. The van der Waals surface area contributed by atoms with Gasteiger partial charge in [-0.15, -0.1) is 0 Å². The van der Waals surface area contributed by atoms with Crippen molar-refractivity contribution < 1.29 is 32.9 Å². The van der Waals surface area contributed by atoms with E-state index in [0.717, 1.165) is 51.4 Å². The predicted octanol–water partition coefficient (Wildman–Crippen LogP) is 20.2. The van der Waals surface area contributed by atoms with Crippen LogP contribution in [0.15, 0.2) is 60.8 Å². The van der Waals surface area contributed by atoms with Gasteiger partial charge in [0.05, 0.1) is 39.9 Å². The van der Waals surface area contributed by atoms with Crippen molar-refractivity contribution in [3.63, 3.8) is 0 Å². The highest BCUT2D eigenvalue weighted by atomic mass is 31.2. The van der Waals surface area contributed by atoms with Gasteiger partial charge in [-0.1, -0.05) is 299 Å². The Labute approximate surface area is 479 Å². The molecule has 0 aromatic heterocycles. The molecule has 0 bridgehead atoms. The molecule has 0 aromatic rings. The smallest absolute Gasteiger partial charge is 0.268 e.